The van der Waals surface area contributed by atoms with Crippen LogP contribution in [0.4, 0.5) is 0 Å². The standard InChI is InChI=1S/C45H86O5/c1-3-5-7-9-11-13-15-17-19-21-22-24-25-27-29-31-33-35-37-39-44(47)49-42-43(41-46)50-45(48)40-38-36-34-32-30-28-26-23-20-18-16-14-12-10-8-6-4-2/h17,19,43,46H,3-16,18,20-42H2,1-2H3. The Hall–Kier alpha value is -1.36. The van der Waals surface area contributed by atoms with Crippen LogP contribution >= 0.6 is 0 Å². The molecule has 0 amide bonds. The molecule has 0 saturated heterocycles. The average molecular weight is 707 g/mol. The van der Waals surface area contributed by atoms with E-state index in [4.69, 9.17) is 9.47 Å². The topological polar surface area (TPSA) is 72.8 Å². The fraction of sp³-hybridized carbons (Fsp3) is 0.911. The van der Waals surface area contributed by atoms with Crippen molar-refractivity contribution in [3.8, 4) is 0 Å². The minimum Gasteiger partial charge on any atom is -0.462 e. The summed E-state index contributed by atoms with van der Waals surface area (Å²) in [5.74, 6) is -0.578. The van der Waals surface area contributed by atoms with Gasteiger partial charge < -0.3 is 14.6 Å². The van der Waals surface area contributed by atoms with Gasteiger partial charge in [0.1, 0.15) is 6.61 Å². The van der Waals surface area contributed by atoms with E-state index in [-0.39, 0.29) is 25.2 Å². The van der Waals surface area contributed by atoms with E-state index in [0.29, 0.717) is 12.8 Å². The normalized spacial score (nSPS) is 12.1. The highest BCUT2D eigenvalue weighted by Crippen LogP contribution is 2.16. The number of hydrogen-bond acceptors (Lipinski definition) is 5. The van der Waals surface area contributed by atoms with Gasteiger partial charge in [-0.1, -0.05) is 206 Å². The maximum absolute atomic E-state index is 12.2. The van der Waals surface area contributed by atoms with E-state index < -0.39 is 6.10 Å². The highest BCUT2D eigenvalue weighted by atomic mass is 16.6. The third-order valence-electron chi connectivity index (χ3n) is 10.1. The van der Waals surface area contributed by atoms with Crippen molar-refractivity contribution in [2.24, 2.45) is 0 Å². The lowest BCUT2D eigenvalue weighted by Crippen LogP contribution is -2.28. The Kier molecular flexibility index (Phi) is 40.9. The Labute approximate surface area is 311 Å². The van der Waals surface area contributed by atoms with Crippen molar-refractivity contribution in [3.05, 3.63) is 12.2 Å². The first-order chi connectivity index (χ1) is 24.6. The van der Waals surface area contributed by atoms with Gasteiger partial charge in [-0.2, -0.15) is 0 Å². The van der Waals surface area contributed by atoms with Crippen LogP contribution in [0.3, 0.4) is 0 Å². The highest BCUT2D eigenvalue weighted by molar-refractivity contribution is 5.70. The Morgan fingerprint density at radius 3 is 1.08 bits per heavy atom. The molecule has 0 heterocycles. The van der Waals surface area contributed by atoms with Crippen LogP contribution in [0.5, 0.6) is 0 Å². The molecule has 0 fully saturated rings. The van der Waals surface area contributed by atoms with Gasteiger partial charge in [0.2, 0.25) is 0 Å². The van der Waals surface area contributed by atoms with Gasteiger partial charge in [-0.3, -0.25) is 9.59 Å². The van der Waals surface area contributed by atoms with Crippen LogP contribution in [0.1, 0.15) is 245 Å². The number of aliphatic hydroxyl groups excluding tert-OH is 1. The number of hydrogen-bond donors (Lipinski definition) is 1. The van der Waals surface area contributed by atoms with Gasteiger partial charge in [0.05, 0.1) is 6.61 Å². The SMILES string of the molecule is CCCCCCCCC=CCCCCCCCCCCCC(=O)OCC(CO)OC(=O)CCCCCCCCCCCCCCCCCCC. The third-order valence-corrected chi connectivity index (χ3v) is 10.1. The molecule has 0 aliphatic carbocycles. The molecular formula is C45H86O5. The van der Waals surface area contributed by atoms with Crippen molar-refractivity contribution in [1.82, 2.24) is 0 Å². The summed E-state index contributed by atoms with van der Waals surface area (Å²) in [6, 6.07) is 0. The zero-order valence-corrected chi connectivity index (χ0v) is 33.7. The Balaban J connectivity index is 3.48. The molecule has 0 aromatic heterocycles. The van der Waals surface area contributed by atoms with Crippen LogP contribution < -0.4 is 0 Å². The first kappa shape index (κ1) is 48.6. The summed E-state index contributed by atoms with van der Waals surface area (Å²) in [5.41, 5.74) is 0. The zero-order valence-electron chi connectivity index (χ0n) is 33.7. The molecule has 0 aromatic carbocycles. The molecule has 1 unspecified atom stereocenters. The number of rotatable bonds is 41. The highest BCUT2D eigenvalue weighted by Gasteiger charge is 2.16. The van der Waals surface area contributed by atoms with E-state index in [1.165, 1.54) is 180 Å². The largest absolute Gasteiger partial charge is 0.462 e. The third kappa shape index (κ3) is 39.4. The molecule has 0 saturated carbocycles. The van der Waals surface area contributed by atoms with Gasteiger partial charge in [0.25, 0.3) is 0 Å². The number of unbranched alkanes of at least 4 members (excludes halogenated alkanes) is 31. The lowest BCUT2D eigenvalue weighted by molar-refractivity contribution is -0.161. The predicted octanol–water partition coefficient (Wildman–Crippen LogP) is 14.1. The molecule has 5 nitrogen and oxygen atoms in total. The monoisotopic (exact) mass is 707 g/mol. The molecule has 1 atom stereocenters. The summed E-state index contributed by atoms with van der Waals surface area (Å²) in [5, 5.41) is 9.58. The second kappa shape index (κ2) is 42.1. The van der Waals surface area contributed by atoms with Crippen LogP contribution in [-0.2, 0) is 19.1 Å². The molecule has 0 aromatic rings. The summed E-state index contributed by atoms with van der Waals surface area (Å²) in [6.45, 7) is 4.16. The second-order valence-corrected chi connectivity index (χ2v) is 15.1. The first-order valence-corrected chi connectivity index (χ1v) is 22.2. The van der Waals surface area contributed by atoms with E-state index in [9.17, 15) is 14.7 Å². The van der Waals surface area contributed by atoms with Crippen LogP contribution in [0, 0.1) is 0 Å². The maximum Gasteiger partial charge on any atom is 0.306 e. The fourth-order valence-electron chi connectivity index (χ4n) is 6.67. The zero-order chi connectivity index (χ0) is 36.4. The summed E-state index contributed by atoms with van der Waals surface area (Å²) in [6.07, 6.45) is 48.5. The van der Waals surface area contributed by atoms with Crippen molar-refractivity contribution in [1.29, 1.82) is 0 Å². The smallest absolute Gasteiger partial charge is 0.306 e. The van der Waals surface area contributed by atoms with Crippen LogP contribution in [0.25, 0.3) is 0 Å². The van der Waals surface area contributed by atoms with Gasteiger partial charge >= 0.3 is 11.9 Å². The van der Waals surface area contributed by atoms with E-state index in [2.05, 4.69) is 26.0 Å². The van der Waals surface area contributed by atoms with E-state index in [1.807, 2.05) is 0 Å². The van der Waals surface area contributed by atoms with Crippen molar-refractivity contribution in [3.63, 3.8) is 0 Å². The van der Waals surface area contributed by atoms with Crippen LogP contribution in [0.2, 0.25) is 0 Å². The Morgan fingerprint density at radius 2 is 0.740 bits per heavy atom. The molecule has 0 radical (unpaired) electrons. The summed E-state index contributed by atoms with van der Waals surface area (Å²) in [7, 11) is 0. The predicted molar refractivity (Wildman–Crippen MR) is 215 cm³/mol. The fourth-order valence-corrected chi connectivity index (χ4v) is 6.67. The number of esters is 2. The lowest BCUT2D eigenvalue weighted by atomic mass is 10.0. The molecule has 0 bridgehead atoms. The minimum atomic E-state index is -0.765. The van der Waals surface area contributed by atoms with E-state index >= 15 is 0 Å². The van der Waals surface area contributed by atoms with Crippen molar-refractivity contribution in [2.45, 2.75) is 251 Å². The number of carbonyl (C=O) groups is 2. The van der Waals surface area contributed by atoms with E-state index in [0.717, 1.165) is 38.5 Å². The number of allylic oxidation sites excluding steroid dienone is 2. The molecule has 0 aliphatic rings. The molecule has 0 rings (SSSR count). The van der Waals surface area contributed by atoms with E-state index in [1.54, 1.807) is 0 Å². The maximum atomic E-state index is 12.2. The summed E-state index contributed by atoms with van der Waals surface area (Å²) >= 11 is 0. The van der Waals surface area contributed by atoms with Crippen LogP contribution in [0.15, 0.2) is 12.2 Å². The van der Waals surface area contributed by atoms with Crippen LogP contribution in [-0.4, -0.2) is 36.4 Å². The van der Waals surface area contributed by atoms with Gasteiger partial charge in [-0.15, -0.1) is 0 Å². The lowest BCUT2D eigenvalue weighted by Gasteiger charge is -2.15. The van der Waals surface area contributed by atoms with Gasteiger partial charge in [0.15, 0.2) is 6.10 Å². The van der Waals surface area contributed by atoms with Crippen molar-refractivity contribution < 1.29 is 24.2 Å². The Bertz CT molecular complexity index is 720. The molecule has 0 spiro atoms. The summed E-state index contributed by atoms with van der Waals surface area (Å²) in [4.78, 5) is 24.3. The molecule has 5 heteroatoms. The molecule has 1 N–H and O–H groups in total. The van der Waals surface area contributed by atoms with Gasteiger partial charge in [-0.25, -0.2) is 0 Å². The minimum absolute atomic E-state index is 0.0605. The average Bonchev–Trinajstić information content (AvgIpc) is 3.12. The van der Waals surface area contributed by atoms with Gasteiger partial charge in [-0.05, 0) is 38.5 Å². The molecule has 296 valence electrons. The second-order valence-electron chi connectivity index (χ2n) is 15.1. The number of aliphatic hydroxyl groups is 1. The van der Waals surface area contributed by atoms with Crippen molar-refractivity contribution in [2.75, 3.05) is 13.2 Å². The first-order valence-electron chi connectivity index (χ1n) is 22.2. The van der Waals surface area contributed by atoms with Crippen molar-refractivity contribution >= 4 is 11.9 Å². The number of carbonyl (C=O) groups excluding carboxylic acids is 2. The van der Waals surface area contributed by atoms with Gasteiger partial charge in [0, 0.05) is 12.8 Å². The Morgan fingerprint density at radius 1 is 0.440 bits per heavy atom. The molecule has 0 aliphatic heterocycles. The number of ether oxygens (including phenoxy) is 2. The molecular weight excluding hydrogens is 620 g/mol. The summed E-state index contributed by atoms with van der Waals surface area (Å²) < 4.78 is 10.6. The molecule has 50 heavy (non-hydrogen) atoms. The quantitative estimate of drug-likeness (QED) is 0.0389.